The molecule has 0 radical (unpaired) electrons. The van der Waals surface area contributed by atoms with Gasteiger partial charge < -0.3 is 5.11 Å². The van der Waals surface area contributed by atoms with E-state index in [0.717, 1.165) is 42.2 Å². The molecule has 0 spiro atoms. The SMILES string of the molecule is CCC(C)n1ccc(CC(O)C2C3C4CCC(C4)C23)n1. The lowest BCUT2D eigenvalue weighted by atomic mass is 9.97. The summed E-state index contributed by atoms with van der Waals surface area (Å²) in [6.07, 6.45) is 8.07. The fourth-order valence-electron chi connectivity index (χ4n) is 5.18. The standard InChI is InChI=1S/C17H26N2O/c1-3-10(2)19-7-6-13(18-19)9-14(20)17-15-11-4-5-12(8-11)16(15)17/h6-7,10-12,14-17,20H,3-5,8-9H2,1-2H3. The monoisotopic (exact) mass is 274 g/mol. The van der Waals surface area contributed by atoms with Gasteiger partial charge in [-0.05, 0) is 68.3 Å². The number of rotatable bonds is 5. The molecule has 3 nitrogen and oxygen atoms in total. The largest absolute Gasteiger partial charge is 0.392 e. The summed E-state index contributed by atoms with van der Waals surface area (Å²) in [6, 6.07) is 2.54. The smallest absolute Gasteiger partial charge is 0.0650 e. The molecule has 2 bridgehead atoms. The van der Waals surface area contributed by atoms with E-state index in [1.54, 1.807) is 0 Å². The van der Waals surface area contributed by atoms with Crippen molar-refractivity contribution in [1.82, 2.24) is 9.78 Å². The second-order valence-corrected chi connectivity index (χ2v) is 7.38. The van der Waals surface area contributed by atoms with Gasteiger partial charge in [0.15, 0.2) is 0 Å². The molecule has 20 heavy (non-hydrogen) atoms. The molecule has 1 heterocycles. The first-order valence-corrected chi connectivity index (χ1v) is 8.41. The van der Waals surface area contributed by atoms with Crippen molar-refractivity contribution < 1.29 is 5.11 Å². The van der Waals surface area contributed by atoms with Crippen LogP contribution in [-0.2, 0) is 6.42 Å². The van der Waals surface area contributed by atoms with Crippen molar-refractivity contribution in [2.45, 2.75) is 58.1 Å². The first kappa shape index (κ1) is 12.9. The highest BCUT2D eigenvalue weighted by Crippen LogP contribution is 2.70. The summed E-state index contributed by atoms with van der Waals surface area (Å²) in [5, 5.41) is 15.2. The zero-order valence-corrected chi connectivity index (χ0v) is 12.6. The molecule has 3 fully saturated rings. The maximum atomic E-state index is 10.6. The molecule has 3 saturated carbocycles. The van der Waals surface area contributed by atoms with Gasteiger partial charge in [0.25, 0.3) is 0 Å². The first-order chi connectivity index (χ1) is 9.69. The Morgan fingerprint density at radius 1 is 1.35 bits per heavy atom. The van der Waals surface area contributed by atoms with Crippen LogP contribution in [0.4, 0.5) is 0 Å². The second-order valence-electron chi connectivity index (χ2n) is 7.38. The van der Waals surface area contributed by atoms with Gasteiger partial charge in [-0.3, -0.25) is 4.68 Å². The number of fused-ring (bicyclic) bond motifs is 5. The molecule has 6 unspecified atom stereocenters. The number of hydrogen-bond acceptors (Lipinski definition) is 2. The van der Waals surface area contributed by atoms with Crippen LogP contribution in [0.5, 0.6) is 0 Å². The summed E-state index contributed by atoms with van der Waals surface area (Å²) >= 11 is 0. The maximum absolute atomic E-state index is 10.6. The van der Waals surface area contributed by atoms with Crippen molar-refractivity contribution in [3.63, 3.8) is 0 Å². The lowest BCUT2D eigenvalue weighted by Crippen LogP contribution is -2.19. The van der Waals surface area contributed by atoms with Gasteiger partial charge in [-0.25, -0.2) is 0 Å². The lowest BCUT2D eigenvalue weighted by Gasteiger charge is -2.14. The Kier molecular flexibility index (Phi) is 2.95. The Hall–Kier alpha value is -0.830. The molecular formula is C17H26N2O. The summed E-state index contributed by atoms with van der Waals surface area (Å²) in [5.41, 5.74) is 1.06. The van der Waals surface area contributed by atoms with Crippen molar-refractivity contribution in [3.05, 3.63) is 18.0 Å². The highest BCUT2D eigenvalue weighted by atomic mass is 16.3. The minimum Gasteiger partial charge on any atom is -0.392 e. The Morgan fingerprint density at radius 3 is 2.70 bits per heavy atom. The van der Waals surface area contributed by atoms with E-state index < -0.39 is 0 Å². The van der Waals surface area contributed by atoms with Crippen LogP contribution >= 0.6 is 0 Å². The molecule has 6 atom stereocenters. The fourth-order valence-corrected chi connectivity index (χ4v) is 5.18. The molecule has 110 valence electrons. The third kappa shape index (κ3) is 1.86. The van der Waals surface area contributed by atoms with Gasteiger partial charge in [-0.15, -0.1) is 0 Å². The van der Waals surface area contributed by atoms with Gasteiger partial charge in [0.1, 0.15) is 0 Å². The van der Waals surface area contributed by atoms with E-state index in [9.17, 15) is 5.11 Å². The van der Waals surface area contributed by atoms with Crippen molar-refractivity contribution in [2.75, 3.05) is 0 Å². The quantitative estimate of drug-likeness (QED) is 0.896. The number of nitrogens with zero attached hydrogens (tertiary/aromatic N) is 2. The Labute approximate surface area is 121 Å². The molecule has 4 rings (SSSR count). The van der Waals surface area contributed by atoms with Gasteiger partial charge in [0, 0.05) is 18.7 Å². The van der Waals surface area contributed by atoms with Crippen LogP contribution in [0.1, 0.15) is 51.3 Å². The topological polar surface area (TPSA) is 38.0 Å². The number of aromatic nitrogens is 2. The average Bonchev–Trinajstić information content (AvgIpc) is 2.84. The summed E-state index contributed by atoms with van der Waals surface area (Å²) in [7, 11) is 0. The van der Waals surface area contributed by atoms with E-state index >= 15 is 0 Å². The number of hydrogen-bond donors (Lipinski definition) is 1. The van der Waals surface area contributed by atoms with Gasteiger partial charge in [0.05, 0.1) is 11.8 Å². The van der Waals surface area contributed by atoms with Crippen LogP contribution in [0.2, 0.25) is 0 Å². The fraction of sp³-hybridized carbons (Fsp3) is 0.824. The highest BCUT2D eigenvalue weighted by molar-refractivity contribution is 5.16. The first-order valence-electron chi connectivity index (χ1n) is 8.41. The van der Waals surface area contributed by atoms with E-state index in [0.29, 0.717) is 12.0 Å². The summed E-state index contributed by atoms with van der Waals surface area (Å²) in [5.74, 6) is 4.21. The predicted octanol–water partition coefficient (Wildman–Crippen LogP) is 3.05. The predicted molar refractivity (Wildman–Crippen MR) is 78.2 cm³/mol. The maximum Gasteiger partial charge on any atom is 0.0650 e. The average molecular weight is 274 g/mol. The molecule has 1 N–H and O–H groups in total. The second kappa shape index (κ2) is 4.59. The van der Waals surface area contributed by atoms with E-state index in [4.69, 9.17) is 0 Å². The highest BCUT2D eigenvalue weighted by Gasteiger charge is 2.66. The number of aliphatic hydroxyl groups excluding tert-OH is 1. The van der Waals surface area contributed by atoms with Crippen LogP contribution in [-0.4, -0.2) is 21.0 Å². The molecule has 0 saturated heterocycles. The van der Waals surface area contributed by atoms with E-state index in [2.05, 4.69) is 31.2 Å². The molecule has 1 aromatic rings. The third-order valence-corrected chi connectivity index (χ3v) is 6.36. The van der Waals surface area contributed by atoms with E-state index in [1.807, 2.05) is 4.68 Å². The minimum atomic E-state index is -0.159. The molecule has 3 heteroatoms. The number of aliphatic hydroxyl groups is 1. The van der Waals surface area contributed by atoms with Crippen LogP contribution in [0, 0.1) is 29.6 Å². The zero-order chi connectivity index (χ0) is 13.9. The van der Waals surface area contributed by atoms with Crippen LogP contribution < -0.4 is 0 Å². The van der Waals surface area contributed by atoms with Gasteiger partial charge in [-0.2, -0.15) is 5.10 Å². The van der Waals surface area contributed by atoms with Crippen LogP contribution in [0.3, 0.4) is 0 Å². The summed E-state index contributed by atoms with van der Waals surface area (Å²) < 4.78 is 2.04. The van der Waals surface area contributed by atoms with E-state index in [1.165, 1.54) is 19.3 Å². The summed E-state index contributed by atoms with van der Waals surface area (Å²) in [4.78, 5) is 0. The third-order valence-electron chi connectivity index (χ3n) is 6.36. The van der Waals surface area contributed by atoms with Crippen LogP contribution in [0.25, 0.3) is 0 Å². The molecular weight excluding hydrogens is 248 g/mol. The van der Waals surface area contributed by atoms with Crippen molar-refractivity contribution in [3.8, 4) is 0 Å². The van der Waals surface area contributed by atoms with Gasteiger partial charge in [0.2, 0.25) is 0 Å². The van der Waals surface area contributed by atoms with Crippen LogP contribution in [0.15, 0.2) is 12.3 Å². The molecule has 1 aromatic heterocycles. The molecule has 0 amide bonds. The zero-order valence-electron chi connectivity index (χ0n) is 12.6. The van der Waals surface area contributed by atoms with Crippen molar-refractivity contribution in [2.24, 2.45) is 29.6 Å². The Morgan fingerprint density at radius 2 is 2.05 bits per heavy atom. The Bertz CT molecular complexity index is 481. The normalized spacial score (nSPS) is 40.6. The summed E-state index contributed by atoms with van der Waals surface area (Å²) in [6.45, 7) is 4.37. The lowest BCUT2D eigenvalue weighted by molar-refractivity contribution is 0.127. The molecule has 0 aliphatic heterocycles. The van der Waals surface area contributed by atoms with Gasteiger partial charge >= 0.3 is 0 Å². The van der Waals surface area contributed by atoms with Gasteiger partial charge in [-0.1, -0.05) is 6.92 Å². The minimum absolute atomic E-state index is 0.159. The molecule has 3 aliphatic carbocycles. The van der Waals surface area contributed by atoms with Crippen molar-refractivity contribution >= 4 is 0 Å². The van der Waals surface area contributed by atoms with E-state index in [-0.39, 0.29) is 6.10 Å². The van der Waals surface area contributed by atoms with Crippen molar-refractivity contribution in [1.29, 1.82) is 0 Å². The molecule has 0 aromatic carbocycles. The Balaban J connectivity index is 1.39. The molecule has 3 aliphatic rings.